The van der Waals surface area contributed by atoms with Crippen LogP contribution in [0.3, 0.4) is 0 Å². The molecule has 1 heterocycles. The van der Waals surface area contributed by atoms with Crippen LogP contribution in [-0.2, 0) is 0 Å². The summed E-state index contributed by atoms with van der Waals surface area (Å²) in [4.78, 5) is 18.9. The third kappa shape index (κ3) is 3.01. The second-order valence-electron chi connectivity index (χ2n) is 3.01. The number of hydrogen-bond acceptors (Lipinski definition) is 5. The molecule has 0 bridgehead atoms. The van der Waals surface area contributed by atoms with Crippen LogP contribution in [0.5, 0.6) is 0 Å². The van der Waals surface area contributed by atoms with Crippen molar-refractivity contribution < 1.29 is 4.92 Å². The van der Waals surface area contributed by atoms with Gasteiger partial charge < -0.3 is 0 Å². The number of aromatic nitrogens is 2. The molecule has 0 saturated carbocycles. The van der Waals surface area contributed by atoms with Crippen molar-refractivity contribution in [3.05, 3.63) is 51.4 Å². The van der Waals surface area contributed by atoms with Crippen LogP contribution in [0, 0.1) is 10.1 Å². The molecule has 0 aliphatic rings. The molecule has 0 atom stereocenters. The first-order valence-corrected chi connectivity index (χ1v) is 6.16. The third-order valence-corrected chi connectivity index (χ3v) is 3.32. The van der Waals surface area contributed by atoms with Gasteiger partial charge in [-0.3, -0.25) is 10.1 Å². The van der Waals surface area contributed by atoms with E-state index in [-0.39, 0.29) is 5.69 Å². The number of nitrogens with zero attached hydrogens (tertiary/aromatic N) is 3. The molecule has 7 heteroatoms. The van der Waals surface area contributed by atoms with Crippen LogP contribution in [0.1, 0.15) is 0 Å². The van der Waals surface area contributed by atoms with E-state index in [0.717, 1.165) is 0 Å². The summed E-state index contributed by atoms with van der Waals surface area (Å²) in [6.45, 7) is 0. The number of hydrogen-bond donors (Lipinski definition) is 0. The molecule has 1 aromatic heterocycles. The van der Waals surface area contributed by atoms with E-state index in [1.807, 2.05) is 0 Å². The van der Waals surface area contributed by atoms with Gasteiger partial charge in [0, 0.05) is 12.1 Å². The zero-order chi connectivity index (χ0) is 12.3. The molecule has 0 saturated heterocycles. The molecule has 0 fully saturated rings. The summed E-state index contributed by atoms with van der Waals surface area (Å²) in [5, 5.41) is 11.5. The lowest BCUT2D eigenvalue weighted by molar-refractivity contribution is -0.387. The van der Waals surface area contributed by atoms with Gasteiger partial charge in [0.15, 0.2) is 0 Å². The molecular formula is C10H6BrN3O2S. The number of para-hydroxylation sites is 1. The molecule has 0 N–H and O–H groups in total. The second kappa shape index (κ2) is 5.24. The van der Waals surface area contributed by atoms with Gasteiger partial charge in [-0.05, 0) is 22.0 Å². The lowest BCUT2D eigenvalue weighted by Gasteiger charge is -2.01. The Kier molecular flexibility index (Phi) is 3.70. The van der Waals surface area contributed by atoms with Gasteiger partial charge in [-0.15, -0.1) is 0 Å². The van der Waals surface area contributed by atoms with E-state index in [1.54, 1.807) is 24.3 Å². The van der Waals surface area contributed by atoms with Crippen molar-refractivity contribution in [3.63, 3.8) is 0 Å². The first-order valence-electron chi connectivity index (χ1n) is 4.55. The highest BCUT2D eigenvalue weighted by Crippen LogP contribution is 2.33. The first kappa shape index (κ1) is 12.0. The van der Waals surface area contributed by atoms with Gasteiger partial charge >= 0.3 is 0 Å². The zero-order valence-electron chi connectivity index (χ0n) is 8.41. The fraction of sp³-hybridized carbons (Fsp3) is 0. The summed E-state index contributed by atoms with van der Waals surface area (Å²) in [6, 6.07) is 8.27. The standard InChI is InChI=1S/C10H6BrN3O2S/c11-9-5-10(13-6-12-9)17-8-4-2-1-3-7(8)14(15)16/h1-6H. The topological polar surface area (TPSA) is 68.9 Å². The van der Waals surface area contributed by atoms with Gasteiger partial charge in [-0.1, -0.05) is 23.9 Å². The van der Waals surface area contributed by atoms with Crippen LogP contribution in [0.25, 0.3) is 0 Å². The highest BCUT2D eigenvalue weighted by Gasteiger charge is 2.14. The number of nitro groups is 1. The van der Waals surface area contributed by atoms with Crippen LogP contribution in [-0.4, -0.2) is 14.9 Å². The molecule has 5 nitrogen and oxygen atoms in total. The molecule has 2 rings (SSSR count). The van der Waals surface area contributed by atoms with Gasteiger partial charge in [-0.2, -0.15) is 0 Å². The van der Waals surface area contributed by atoms with Crippen LogP contribution < -0.4 is 0 Å². The van der Waals surface area contributed by atoms with E-state index in [1.165, 1.54) is 24.2 Å². The Bertz CT molecular complexity index is 565. The van der Waals surface area contributed by atoms with Crippen molar-refractivity contribution in [3.8, 4) is 0 Å². The Labute approximate surface area is 110 Å². The molecular weight excluding hydrogens is 306 g/mol. The highest BCUT2D eigenvalue weighted by atomic mass is 79.9. The predicted octanol–water partition coefficient (Wildman–Crippen LogP) is 3.30. The molecule has 86 valence electrons. The van der Waals surface area contributed by atoms with E-state index in [0.29, 0.717) is 14.5 Å². The average Bonchev–Trinajstić information content (AvgIpc) is 2.29. The van der Waals surface area contributed by atoms with E-state index in [2.05, 4.69) is 25.9 Å². The molecule has 0 spiro atoms. The first-order chi connectivity index (χ1) is 8.16. The van der Waals surface area contributed by atoms with Gasteiger partial charge in [0.2, 0.25) is 0 Å². The maximum Gasteiger partial charge on any atom is 0.283 e. The molecule has 0 aliphatic heterocycles. The minimum absolute atomic E-state index is 0.0761. The van der Waals surface area contributed by atoms with E-state index in [9.17, 15) is 10.1 Å². The number of rotatable bonds is 3. The molecule has 0 aliphatic carbocycles. The fourth-order valence-electron chi connectivity index (χ4n) is 1.18. The van der Waals surface area contributed by atoms with Gasteiger partial charge in [0.05, 0.1) is 9.82 Å². The lowest BCUT2D eigenvalue weighted by atomic mass is 10.3. The zero-order valence-corrected chi connectivity index (χ0v) is 10.8. The van der Waals surface area contributed by atoms with Gasteiger partial charge in [0.1, 0.15) is 16.0 Å². The second-order valence-corrected chi connectivity index (χ2v) is 4.88. The van der Waals surface area contributed by atoms with E-state index >= 15 is 0 Å². The molecule has 2 aromatic rings. The Morgan fingerprint density at radius 1 is 1.29 bits per heavy atom. The van der Waals surface area contributed by atoms with Crippen molar-refractivity contribution in [2.45, 2.75) is 9.92 Å². The minimum atomic E-state index is -0.404. The SMILES string of the molecule is O=[N+]([O-])c1ccccc1Sc1cc(Br)ncn1. The lowest BCUT2D eigenvalue weighted by Crippen LogP contribution is -1.90. The smallest absolute Gasteiger partial charge is 0.258 e. The van der Waals surface area contributed by atoms with Crippen LogP contribution in [0.4, 0.5) is 5.69 Å². The molecule has 17 heavy (non-hydrogen) atoms. The van der Waals surface area contributed by atoms with Gasteiger partial charge in [-0.25, -0.2) is 9.97 Å². The van der Waals surface area contributed by atoms with Crippen LogP contribution in [0.15, 0.2) is 51.2 Å². The summed E-state index contributed by atoms with van der Waals surface area (Å²) >= 11 is 4.46. The Hall–Kier alpha value is -1.47. The summed E-state index contributed by atoms with van der Waals surface area (Å²) in [5.74, 6) is 0. The maximum absolute atomic E-state index is 10.8. The Morgan fingerprint density at radius 3 is 2.76 bits per heavy atom. The van der Waals surface area contributed by atoms with Crippen LogP contribution >= 0.6 is 27.7 Å². The highest BCUT2D eigenvalue weighted by molar-refractivity contribution is 9.10. The fourth-order valence-corrected chi connectivity index (χ4v) is 2.53. The average molecular weight is 312 g/mol. The Balaban J connectivity index is 2.33. The van der Waals surface area contributed by atoms with Crippen molar-refractivity contribution in [2.75, 3.05) is 0 Å². The Morgan fingerprint density at radius 2 is 2.06 bits per heavy atom. The summed E-state index contributed by atoms with van der Waals surface area (Å²) in [5.41, 5.74) is 0.0761. The summed E-state index contributed by atoms with van der Waals surface area (Å²) < 4.78 is 0.647. The number of nitro benzene ring substituents is 1. The predicted molar refractivity (Wildman–Crippen MR) is 67.0 cm³/mol. The monoisotopic (exact) mass is 311 g/mol. The van der Waals surface area contributed by atoms with Crippen molar-refractivity contribution in [2.24, 2.45) is 0 Å². The summed E-state index contributed by atoms with van der Waals surface area (Å²) in [7, 11) is 0. The molecule has 0 amide bonds. The van der Waals surface area contributed by atoms with Crippen molar-refractivity contribution in [1.29, 1.82) is 0 Å². The van der Waals surface area contributed by atoms with Crippen molar-refractivity contribution >= 4 is 33.4 Å². The molecule has 0 unspecified atom stereocenters. The molecule has 0 radical (unpaired) electrons. The van der Waals surface area contributed by atoms with E-state index in [4.69, 9.17) is 0 Å². The largest absolute Gasteiger partial charge is 0.283 e. The van der Waals surface area contributed by atoms with Gasteiger partial charge in [0.25, 0.3) is 5.69 Å². The maximum atomic E-state index is 10.8. The minimum Gasteiger partial charge on any atom is -0.258 e. The van der Waals surface area contributed by atoms with Crippen LogP contribution in [0.2, 0.25) is 0 Å². The number of halogens is 1. The normalized spacial score (nSPS) is 10.2. The summed E-state index contributed by atoms with van der Waals surface area (Å²) in [6.07, 6.45) is 1.40. The third-order valence-electron chi connectivity index (χ3n) is 1.89. The number of benzene rings is 1. The molecule has 1 aromatic carbocycles. The van der Waals surface area contributed by atoms with E-state index < -0.39 is 4.92 Å². The van der Waals surface area contributed by atoms with Crippen molar-refractivity contribution in [1.82, 2.24) is 9.97 Å². The quantitative estimate of drug-likeness (QED) is 0.494.